The maximum Gasteiger partial charge on any atom is 0.449 e. The van der Waals surface area contributed by atoms with Crippen LogP contribution < -0.4 is 5.73 Å². The molecule has 2 aromatic heterocycles. The van der Waals surface area contributed by atoms with Gasteiger partial charge in [-0.05, 0) is 12.1 Å². The van der Waals surface area contributed by atoms with E-state index in [-0.39, 0.29) is 11.6 Å². The minimum Gasteiger partial charge on any atom is -0.450 e. The molecule has 0 aliphatic rings. The van der Waals surface area contributed by atoms with Crippen LogP contribution in [-0.2, 0) is 6.18 Å². The lowest BCUT2D eigenvalue weighted by Crippen LogP contribution is -2.01. The van der Waals surface area contributed by atoms with Crippen LogP contribution in [-0.4, -0.2) is 10.2 Å². The molecule has 3 N–H and O–H groups in total. The van der Waals surface area contributed by atoms with E-state index in [1.165, 1.54) is 12.1 Å². The Morgan fingerprint density at radius 3 is 2.53 bits per heavy atom. The molecule has 0 atom stereocenters. The summed E-state index contributed by atoms with van der Waals surface area (Å²) in [5, 5.41) is 6.03. The molecule has 0 aromatic carbocycles. The molecule has 0 amide bonds. The number of nitrogens with one attached hydrogen (secondary N) is 1. The lowest BCUT2D eigenvalue weighted by atomic mass is 10.3. The first-order valence-corrected chi connectivity index (χ1v) is 3.95. The predicted octanol–water partition coefficient (Wildman–Crippen LogP) is 2.27. The van der Waals surface area contributed by atoms with E-state index in [9.17, 15) is 13.2 Å². The number of furan rings is 1. The SMILES string of the molecule is Nc1cc(-c2ccc(C(F)(F)F)o2)[nH]n1. The number of nitrogens with two attached hydrogens (primary N) is 1. The molecule has 2 aromatic rings. The fraction of sp³-hybridized carbons (Fsp3) is 0.125. The highest BCUT2D eigenvalue weighted by Gasteiger charge is 2.34. The maximum atomic E-state index is 12.2. The third-order valence-corrected chi connectivity index (χ3v) is 1.75. The zero-order valence-corrected chi connectivity index (χ0v) is 7.30. The van der Waals surface area contributed by atoms with Gasteiger partial charge in [-0.1, -0.05) is 0 Å². The minimum absolute atomic E-state index is 0.0477. The van der Waals surface area contributed by atoms with Crippen LogP contribution in [0.2, 0.25) is 0 Å². The summed E-state index contributed by atoms with van der Waals surface area (Å²) < 4.78 is 41.1. The van der Waals surface area contributed by atoms with Crippen molar-refractivity contribution in [2.75, 3.05) is 5.73 Å². The van der Waals surface area contributed by atoms with Crippen molar-refractivity contribution >= 4 is 5.82 Å². The number of H-pyrrole nitrogens is 1. The number of anilines is 1. The van der Waals surface area contributed by atoms with Crippen LogP contribution in [0.5, 0.6) is 0 Å². The van der Waals surface area contributed by atoms with E-state index in [0.717, 1.165) is 6.07 Å². The Bertz CT molecular complexity index is 471. The molecule has 7 heteroatoms. The van der Waals surface area contributed by atoms with Crippen molar-refractivity contribution in [1.29, 1.82) is 0 Å². The molecule has 2 heterocycles. The van der Waals surface area contributed by atoms with Gasteiger partial charge >= 0.3 is 6.18 Å². The number of rotatable bonds is 1. The summed E-state index contributed by atoms with van der Waals surface area (Å²) >= 11 is 0. The number of nitrogen functional groups attached to an aromatic ring is 1. The fourth-order valence-electron chi connectivity index (χ4n) is 1.10. The monoisotopic (exact) mass is 217 g/mol. The van der Waals surface area contributed by atoms with E-state index in [1.807, 2.05) is 0 Å². The second-order valence-electron chi connectivity index (χ2n) is 2.87. The lowest BCUT2D eigenvalue weighted by molar-refractivity contribution is -0.152. The van der Waals surface area contributed by atoms with Crippen molar-refractivity contribution in [2.24, 2.45) is 0 Å². The molecule has 4 nitrogen and oxygen atoms in total. The third-order valence-electron chi connectivity index (χ3n) is 1.75. The lowest BCUT2D eigenvalue weighted by Gasteiger charge is -2.00. The standard InChI is InChI=1S/C8H6F3N3O/c9-8(10,11)6-2-1-5(15-6)4-3-7(12)14-13-4/h1-3H,(H3,12,13,14). The highest BCUT2D eigenvalue weighted by Crippen LogP contribution is 2.33. The minimum atomic E-state index is -4.48. The van der Waals surface area contributed by atoms with Gasteiger partial charge in [0.05, 0.1) is 0 Å². The van der Waals surface area contributed by atoms with Gasteiger partial charge in [0.1, 0.15) is 11.5 Å². The fourth-order valence-corrected chi connectivity index (χ4v) is 1.10. The molecule has 80 valence electrons. The Kier molecular flexibility index (Phi) is 1.95. The Balaban J connectivity index is 2.36. The summed E-state index contributed by atoms with van der Waals surface area (Å²) in [4.78, 5) is 0. The van der Waals surface area contributed by atoms with Crippen molar-refractivity contribution < 1.29 is 17.6 Å². The smallest absolute Gasteiger partial charge is 0.449 e. The van der Waals surface area contributed by atoms with Crippen molar-refractivity contribution in [2.45, 2.75) is 6.18 Å². The van der Waals surface area contributed by atoms with Crippen LogP contribution in [0.3, 0.4) is 0 Å². The summed E-state index contributed by atoms with van der Waals surface area (Å²) in [6, 6.07) is 3.45. The number of aromatic nitrogens is 2. The highest BCUT2D eigenvalue weighted by atomic mass is 19.4. The first-order chi connectivity index (χ1) is 6.97. The van der Waals surface area contributed by atoms with Gasteiger partial charge in [0.15, 0.2) is 5.76 Å². The molecule has 0 saturated heterocycles. The van der Waals surface area contributed by atoms with Crippen LogP contribution in [0, 0.1) is 0 Å². The van der Waals surface area contributed by atoms with Crippen LogP contribution >= 0.6 is 0 Å². The number of hydrogen-bond acceptors (Lipinski definition) is 3. The normalized spacial score (nSPS) is 11.9. The van der Waals surface area contributed by atoms with Crippen molar-refractivity contribution in [3.05, 3.63) is 24.0 Å². The van der Waals surface area contributed by atoms with E-state index < -0.39 is 11.9 Å². The van der Waals surface area contributed by atoms with Gasteiger partial charge in [0.25, 0.3) is 0 Å². The van der Waals surface area contributed by atoms with Gasteiger partial charge in [-0.25, -0.2) is 0 Å². The molecular weight excluding hydrogens is 211 g/mol. The quantitative estimate of drug-likeness (QED) is 0.769. The van der Waals surface area contributed by atoms with Gasteiger partial charge < -0.3 is 10.2 Å². The zero-order valence-electron chi connectivity index (χ0n) is 7.30. The Hall–Kier alpha value is -1.92. The molecular formula is C8H6F3N3O. The topological polar surface area (TPSA) is 67.8 Å². The first kappa shape index (κ1) is 9.63. The van der Waals surface area contributed by atoms with Gasteiger partial charge in [-0.2, -0.15) is 18.3 Å². The first-order valence-electron chi connectivity index (χ1n) is 3.95. The molecule has 0 aliphatic carbocycles. The molecule has 0 bridgehead atoms. The van der Waals surface area contributed by atoms with E-state index in [0.29, 0.717) is 5.69 Å². The predicted molar refractivity (Wildman–Crippen MR) is 45.7 cm³/mol. The average Bonchev–Trinajstić information content (AvgIpc) is 2.69. The summed E-state index contributed by atoms with van der Waals surface area (Å²) in [7, 11) is 0. The molecule has 0 spiro atoms. The molecule has 2 rings (SSSR count). The van der Waals surface area contributed by atoms with Gasteiger partial charge in [0, 0.05) is 6.07 Å². The van der Waals surface area contributed by atoms with E-state index >= 15 is 0 Å². The molecule has 0 saturated carbocycles. The second-order valence-corrected chi connectivity index (χ2v) is 2.87. The Labute approximate surface area is 81.9 Å². The van der Waals surface area contributed by atoms with Crippen molar-refractivity contribution in [1.82, 2.24) is 10.2 Å². The largest absolute Gasteiger partial charge is 0.450 e. The number of nitrogens with zero attached hydrogens (tertiary/aromatic N) is 1. The van der Waals surface area contributed by atoms with Gasteiger partial charge in [-0.15, -0.1) is 0 Å². The number of alkyl halides is 3. The second kappa shape index (κ2) is 3.04. The average molecular weight is 217 g/mol. The van der Waals surface area contributed by atoms with E-state index in [1.54, 1.807) is 0 Å². The molecule has 0 fully saturated rings. The summed E-state index contributed by atoms with van der Waals surface area (Å²) in [6.45, 7) is 0. The number of hydrogen-bond donors (Lipinski definition) is 2. The zero-order chi connectivity index (χ0) is 11.1. The molecule has 0 unspecified atom stereocenters. The molecule has 0 radical (unpaired) electrons. The summed E-state index contributed by atoms with van der Waals surface area (Å²) in [5.74, 6) is -0.813. The van der Waals surface area contributed by atoms with Gasteiger partial charge in [-0.3, -0.25) is 5.10 Å². The van der Waals surface area contributed by atoms with Crippen LogP contribution in [0.15, 0.2) is 22.6 Å². The maximum absolute atomic E-state index is 12.2. The number of aromatic amines is 1. The molecule has 0 aliphatic heterocycles. The molecule has 15 heavy (non-hydrogen) atoms. The van der Waals surface area contributed by atoms with Crippen LogP contribution in [0.4, 0.5) is 19.0 Å². The summed E-state index contributed by atoms with van der Waals surface area (Å²) in [6.07, 6.45) is -4.48. The third kappa shape index (κ3) is 1.80. The van der Waals surface area contributed by atoms with E-state index in [4.69, 9.17) is 5.73 Å². The summed E-state index contributed by atoms with van der Waals surface area (Å²) in [5.41, 5.74) is 5.61. The van der Waals surface area contributed by atoms with Crippen molar-refractivity contribution in [3.63, 3.8) is 0 Å². The Morgan fingerprint density at radius 1 is 1.33 bits per heavy atom. The van der Waals surface area contributed by atoms with E-state index in [2.05, 4.69) is 14.6 Å². The highest BCUT2D eigenvalue weighted by molar-refractivity contribution is 5.56. The van der Waals surface area contributed by atoms with Crippen LogP contribution in [0.25, 0.3) is 11.5 Å². The number of halogens is 3. The Morgan fingerprint density at radius 2 is 2.07 bits per heavy atom. The van der Waals surface area contributed by atoms with Gasteiger partial charge in [0.2, 0.25) is 5.76 Å². The van der Waals surface area contributed by atoms with Crippen molar-refractivity contribution in [3.8, 4) is 11.5 Å². The van der Waals surface area contributed by atoms with Crippen LogP contribution in [0.1, 0.15) is 5.76 Å².